The number of anilines is 2. The Morgan fingerprint density at radius 1 is 1.12 bits per heavy atom. The van der Waals surface area contributed by atoms with E-state index in [0.29, 0.717) is 56.3 Å². The van der Waals surface area contributed by atoms with Crippen molar-refractivity contribution in [1.29, 1.82) is 0 Å². The first-order chi connectivity index (χ1) is 16.0. The molecule has 1 unspecified atom stereocenters. The molecule has 2 aliphatic heterocycles. The average molecular weight is 451 g/mol. The van der Waals surface area contributed by atoms with Gasteiger partial charge < -0.3 is 19.9 Å². The first-order valence-corrected chi connectivity index (χ1v) is 11.5. The van der Waals surface area contributed by atoms with Crippen molar-refractivity contribution in [2.75, 3.05) is 36.5 Å². The number of aromatic nitrogens is 1. The zero-order valence-electron chi connectivity index (χ0n) is 19.1. The summed E-state index contributed by atoms with van der Waals surface area (Å²) in [4.78, 5) is 46.1. The number of nitrogens with one attached hydrogen (secondary N) is 1. The quantitative estimate of drug-likeness (QED) is 0.731. The Morgan fingerprint density at radius 3 is 2.58 bits per heavy atom. The van der Waals surface area contributed by atoms with Gasteiger partial charge in [-0.3, -0.25) is 14.4 Å². The lowest BCUT2D eigenvalue weighted by molar-refractivity contribution is -0.138. The van der Waals surface area contributed by atoms with Crippen molar-refractivity contribution in [3.8, 4) is 5.75 Å². The van der Waals surface area contributed by atoms with Crippen LogP contribution in [0.5, 0.6) is 5.75 Å². The van der Waals surface area contributed by atoms with Crippen LogP contribution in [0.2, 0.25) is 0 Å². The van der Waals surface area contributed by atoms with Crippen LogP contribution in [-0.4, -0.2) is 53.8 Å². The summed E-state index contributed by atoms with van der Waals surface area (Å²) in [6.45, 7) is 5.72. The Bertz CT molecular complexity index is 1020. The van der Waals surface area contributed by atoms with Crippen LogP contribution in [0, 0.1) is 18.8 Å². The van der Waals surface area contributed by atoms with E-state index in [0.717, 1.165) is 5.56 Å². The lowest BCUT2D eigenvalue weighted by atomic mass is 9.94. The molecule has 2 fully saturated rings. The first kappa shape index (κ1) is 22.8. The summed E-state index contributed by atoms with van der Waals surface area (Å²) in [7, 11) is 0. The molecule has 3 heterocycles. The fraction of sp³-hybridized carbons (Fsp3) is 0.440. The second-order valence-corrected chi connectivity index (χ2v) is 8.62. The van der Waals surface area contributed by atoms with E-state index in [1.165, 1.54) is 0 Å². The Hall–Kier alpha value is -3.42. The minimum absolute atomic E-state index is 0.0150. The smallest absolute Gasteiger partial charge is 0.228 e. The average Bonchev–Trinajstić information content (AvgIpc) is 3.22. The maximum Gasteiger partial charge on any atom is 0.228 e. The van der Waals surface area contributed by atoms with Crippen molar-refractivity contribution in [3.05, 3.63) is 48.2 Å². The molecule has 0 radical (unpaired) electrons. The number of nitrogens with zero attached hydrogens (tertiary/aromatic N) is 3. The topological polar surface area (TPSA) is 91.8 Å². The molecule has 8 nitrogen and oxygen atoms in total. The van der Waals surface area contributed by atoms with Gasteiger partial charge in [0.25, 0.3) is 0 Å². The maximum absolute atomic E-state index is 13.1. The maximum atomic E-state index is 13.1. The standard InChI is InChI=1S/C25H30N4O4/c1-3-33-21-7-5-4-6-20(21)29-16-19(14-23(29)30)25(32)28-12-10-18(11-13-28)24(31)27-22-9-8-17(2)15-26-22/h4-9,15,18-19H,3,10-14,16H2,1-2H3,(H,26,27,31). The molecule has 3 amide bonds. The van der Waals surface area contributed by atoms with E-state index in [4.69, 9.17) is 4.74 Å². The molecule has 2 saturated heterocycles. The largest absolute Gasteiger partial charge is 0.492 e. The summed E-state index contributed by atoms with van der Waals surface area (Å²) in [6, 6.07) is 11.1. The van der Waals surface area contributed by atoms with Crippen LogP contribution in [0.3, 0.4) is 0 Å². The number of benzene rings is 1. The van der Waals surface area contributed by atoms with Gasteiger partial charge in [-0.2, -0.15) is 0 Å². The van der Waals surface area contributed by atoms with Crippen LogP contribution in [-0.2, 0) is 14.4 Å². The fourth-order valence-electron chi connectivity index (χ4n) is 4.45. The lowest BCUT2D eigenvalue weighted by Gasteiger charge is -2.32. The van der Waals surface area contributed by atoms with E-state index in [-0.39, 0.29) is 36.0 Å². The van der Waals surface area contributed by atoms with E-state index >= 15 is 0 Å². The number of aryl methyl sites for hydroxylation is 1. The van der Waals surface area contributed by atoms with E-state index in [1.54, 1.807) is 22.1 Å². The summed E-state index contributed by atoms with van der Waals surface area (Å²) in [5, 5.41) is 2.87. The van der Waals surface area contributed by atoms with Crippen LogP contribution in [0.25, 0.3) is 0 Å². The minimum atomic E-state index is -0.380. The summed E-state index contributed by atoms with van der Waals surface area (Å²) in [6.07, 6.45) is 3.11. The molecule has 1 aromatic heterocycles. The van der Waals surface area contributed by atoms with Crippen LogP contribution < -0.4 is 15.0 Å². The number of piperidine rings is 1. The van der Waals surface area contributed by atoms with Crippen LogP contribution in [0.4, 0.5) is 11.5 Å². The van der Waals surface area contributed by atoms with Crippen LogP contribution in [0.15, 0.2) is 42.6 Å². The van der Waals surface area contributed by atoms with Crippen molar-refractivity contribution in [2.24, 2.45) is 11.8 Å². The van der Waals surface area contributed by atoms with Crippen molar-refractivity contribution in [2.45, 2.75) is 33.1 Å². The van der Waals surface area contributed by atoms with Gasteiger partial charge in [0.2, 0.25) is 17.7 Å². The third-order valence-corrected chi connectivity index (χ3v) is 6.27. The highest BCUT2D eigenvalue weighted by Gasteiger charge is 2.39. The van der Waals surface area contributed by atoms with Crippen molar-refractivity contribution < 1.29 is 19.1 Å². The Kier molecular flexibility index (Phi) is 6.91. The normalized spacial score (nSPS) is 19.0. The van der Waals surface area contributed by atoms with Crippen LogP contribution in [0.1, 0.15) is 31.7 Å². The predicted octanol–water partition coefficient (Wildman–Crippen LogP) is 3.02. The predicted molar refractivity (Wildman–Crippen MR) is 125 cm³/mol. The minimum Gasteiger partial charge on any atom is -0.492 e. The monoisotopic (exact) mass is 450 g/mol. The van der Waals surface area contributed by atoms with Crippen molar-refractivity contribution >= 4 is 29.2 Å². The van der Waals surface area contributed by atoms with E-state index in [9.17, 15) is 14.4 Å². The number of hydrogen-bond donors (Lipinski definition) is 1. The molecule has 1 atom stereocenters. The molecule has 174 valence electrons. The van der Waals surface area contributed by atoms with Gasteiger partial charge in [0.15, 0.2) is 0 Å². The molecule has 33 heavy (non-hydrogen) atoms. The van der Waals surface area contributed by atoms with E-state index in [1.807, 2.05) is 44.2 Å². The van der Waals surface area contributed by atoms with Gasteiger partial charge in [-0.15, -0.1) is 0 Å². The van der Waals surface area contributed by atoms with Crippen molar-refractivity contribution in [3.63, 3.8) is 0 Å². The number of rotatable bonds is 6. The number of carbonyl (C=O) groups is 3. The molecule has 4 rings (SSSR count). The molecular weight excluding hydrogens is 420 g/mol. The van der Waals surface area contributed by atoms with Gasteiger partial charge in [-0.05, 0) is 50.5 Å². The van der Waals surface area contributed by atoms with Gasteiger partial charge in [0.05, 0.1) is 18.2 Å². The molecule has 0 saturated carbocycles. The summed E-state index contributed by atoms with van der Waals surface area (Å²) in [5.74, 6) is 0.510. The van der Waals surface area contributed by atoms with Gasteiger partial charge in [-0.1, -0.05) is 18.2 Å². The molecule has 1 N–H and O–H groups in total. The SMILES string of the molecule is CCOc1ccccc1N1CC(C(=O)N2CCC(C(=O)Nc3ccc(C)cn3)CC2)CC1=O. The number of amides is 3. The number of ether oxygens (including phenoxy) is 1. The molecule has 2 aromatic rings. The fourth-order valence-corrected chi connectivity index (χ4v) is 4.45. The molecule has 8 heteroatoms. The van der Waals surface area contributed by atoms with Crippen molar-refractivity contribution in [1.82, 2.24) is 9.88 Å². The summed E-state index contributed by atoms with van der Waals surface area (Å²) in [5.41, 5.74) is 1.74. The molecule has 0 aliphatic carbocycles. The highest BCUT2D eigenvalue weighted by atomic mass is 16.5. The summed E-state index contributed by atoms with van der Waals surface area (Å²) >= 11 is 0. The summed E-state index contributed by atoms with van der Waals surface area (Å²) < 4.78 is 5.66. The van der Waals surface area contributed by atoms with Crippen LogP contribution >= 0.6 is 0 Å². The molecule has 1 aromatic carbocycles. The number of carbonyl (C=O) groups excluding carboxylic acids is 3. The number of hydrogen-bond acceptors (Lipinski definition) is 5. The second kappa shape index (κ2) is 10.0. The zero-order chi connectivity index (χ0) is 23.4. The first-order valence-electron chi connectivity index (χ1n) is 11.5. The van der Waals surface area contributed by atoms with Gasteiger partial charge >= 0.3 is 0 Å². The number of likely N-dealkylation sites (tertiary alicyclic amines) is 1. The van der Waals surface area contributed by atoms with Gasteiger partial charge in [0, 0.05) is 38.2 Å². The molecule has 0 spiro atoms. The van der Waals surface area contributed by atoms with E-state index < -0.39 is 0 Å². The number of pyridine rings is 1. The zero-order valence-corrected chi connectivity index (χ0v) is 19.1. The Morgan fingerprint density at radius 2 is 1.88 bits per heavy atom. The third kappa shape index (κ3) is 5.16. The Labute approximate surface area is 193 Å². The Balaban J connectivity index is 1.32. The highest BCUT2D eigenvalue weighted by molar-refractivity contribution is 6.01. The van der Waals surface area contributed by atoms with E-state index in [2.05, 4.69) is 10.3 Å². The second-order valence-electron chi connectivity index (χ2n) is 8.62. The lowest BCUT2D eigenvalue weighted by Crippen LogP contribution is -2.44. The van der Waals surface area contributed by atoms with Gasteiger partial charge in [-0.25, -0.2) is 4.98 Å². The highest BCUT2D eigenvalue weighted by Crippen LogP contribution is 2.34. The molecular formula is C25H30N4O4. The molecule has 0 bridgehead atoms. The third-order valence-electron chi connectivity index (χ3n) is 6.27. The number of para-hydroxylation sites is 2. The molecule has 2 aliphatic rings. The van der Waals surface area contributed by atoms with Gasteiger partial charge in [0.1, 0.15) is 11.6 Å².